The zero-order valence-electron chi connectivity index (χ0n) is 13.0. The van der Waals surface area contributed by atoms with Crippen LogP contribution >= 0.6 is 0 Å². The predicted octanol–water partition coefficient (Wildman–Crippen LogP) is 0.868. The molecule has 1 aromatic carbocycles. The average molecular weight is 308 g/mol. The quantitative estimate of drug-likeness (QED) is 0.730. The van der Waals surface area contributed by atoms with Crippen LogP contribution in [0.5, 0.6) is 5.75 Å². The van der Waals surface area contributed by atoms with E-state index in [0.29, 0.717) is 50.8 Å². The standard InChI is InChI=1S/C16H24N2O4/c1-12-3-4-14(15(9-12)22-6-2-5-17)16(19)18-10-13-11-20-7-8-21-13/h3-4,9,13H,2,5-8,10-11,17H2,1H3,(H,18,19)/t13-/m1/s1. The monoisotopic (exact) mass is 308 g/mol. The number of benzene rings is 1. The van der Waals surface area contributed by atoms with Crippen molar-refractivity contribution in [2.24, 2.45) is 5.73 Å². The summed E-state index contributed by atoms with van der Waals surface area (Å²) in [5, 5.41) is 2.87. The number of rotatable bonds is 7. The van der Waals surface area contributed by atoms with Crippen molar-refractivity contribution < 1.29 is 19.0 Å². The highest BCUT2D eigenvalue weighted by Crippen LogP contribution is 2.20. The number of amides is 1. The molecule has 1 amide bonds. The van der Waals surface area contributed by atoms with Gasteiger partial charge in [-0.05, 0) is 37.6 Å². The van der Waals surface area contributed by atoms with Crippen molar-refractivity contribution in [3.05, 3.63) is 29.3 Å². The molecule has 6 nitrogen and oxygen atoms in total. The van der Waals surface area contributed by atoms with Crippen molar-refractivity contribution >= 4 is 5.91 Å². The van der Waals surface area contributed by atoms with Gasteiger partial charge in [0.2, 0.25) is 0 Å². The first kappa shape index (κ1) is 16.7. The molecule has 1 aliphatic heterocycles. The highest BCUT2D eigenvalue weighted by Gasteiger charge is 2.18. The predicted molar refractivity (Wildman–Crippen MR) is 83.2 cm³/mol. The van der Waals surface area contributed by atoms with Gasteiger partial charge in [0.25, 0.3) is 5.91 Å². The summed E-state index contributed by atoms with van der Waals surface area (Å²) in [6.07, 6.45) is 0.659. The van der Waals surface area contributed by atoms with E-state index in [-0.39, 0.29) is 12.0 Å². The summed E-state index contributed by atoms with van der Waals surface area (Å²) < 4.78 is 16.5. The maximum Gasteiger partial charge on any atom is 0.255 e. The second-order valence-electron chi connectivity index (χ2n) is 5.27. The first-order chi connectivity index (χ1) is 10.7. The lowest BCUT2D eigenvalue weighted by Crippen LogP contribution is -2.39. The number of nitrogens with one attached hydrogen (secondary N) is 1. The molecule has 1 saturated heterocycles. The van der Waals surface area contributed by atoms with E-state index in [1.54, 1.807) is 6.07 Å². The Labute approximate surface area is 130 Å². The van der Waals surface area contributed by atoms with Crippen LogP contribution in [0.1, 0.15) is 22.3 Å². The Morgan fingerprint density at radius 2 is 2.32 bits per heavy atom. The van der Waals surface area contributed by atoms with Crippen molar-refractivity contribution in [1.29, 1.82) is 0 Å². The first-order valence-electron chi connectivity index (χ1n) is 7.61. The SMILES string of the molecule is Cc1ccc(C(=O)NC[C@@H]2COCCO2)c(OCCCN)c1. The van der Waals surface area contributed by atoms with Gasteiger partial charge in [-0.15, -0.1) is 0 Å². The van der Waals surface area contributed by atoms with Gasteiger partial charge in [0.1, 0.15) is 5.75 Å². The van der Waals surface area contributed by atoms with E-state index in [4.69, 9.17) is 19.9 Å². The highest BCUT2D eigenvalue weighted by atomic mass is 16.6. The van der Waals surface area contributed by atoms with Crippen LogP contribution in [-0.2, 0) is 9.47 Å². The van der Waals surface area contributed by atoms with Crippen LogP contribution in [0.3, 0.4) is 0 Å². The smallest absolute Gasteiger partial charge is 0.255 e. The number of aryl methyl sites for hydroxylation is 1. The van der Waals surface area contributed by atoms with Crippen molar-refractivity contribution in [3.8, 4) is 5.75 Å². The molecule has 122 valence electrons. The zero-order valence-corrected chi connectivity index (χ0v) is 13.0. The van der Waals surface area contributed by atoms with Gasteiger partial charge in [-0.25, -0.2) is 0 Å². The van der Waals surface area contributed by atoms with Crippen molar-refractivity contribution in [2.75, 3.05) is 39.5 Å². The molecule has 0 unspecified atom stereocenters. The molecule has 0 bridgehead atoms. The van der Waals surface area contributed by atoms with Crippen LogP contribution in [0, 0.1) is 6.92 Å². The van der Waals surface area contributed by atoms with Crippen LogP contribution in [0.4, 0.5) is 0 Å². The Hall–Kier alpha value is -1.63. The fraction of sp³-hybridized carbons (Fsp3) is 0.562. The number of carbonyl (C=O) groups excluding carboxylic acids is 1. The van der Waals surface area contributed by atoms with Crippen LogP contribution in [0.25, 0.3) is 0 Å². The maximum atomic E-state index is 12.3. The summed E-state index contributed by atoms with van der Waals surface area (Å²) in [5.74, 6) is 0.420. The highest BCUT2D eigenvalue weighted by molar-refractivity contribution is 5.97. The number of nitrogens with two attached hydrogens (primary N) is 1. The molecule has 0 spiro atoms. The van der Waals surface area contributed by atoms with Crippen molar-refractivity contribution in [1.82, 2.24) is 5.32 Å². The van der Waals surface area contributed by atoms with Gasteiger partial charge in [-0.2, -0.15) is 0 Å². The van der Waals surface area contributed by atoms with Gasteiger partial charge < -0.3 is 25.3 Å². The van der Waals surface area contributed by atoms with Crippen LogP contribution in [0.15, 0.2) is 18.2 Å². The van der Waals surface area contributed by atoms with Crippen LogP contribution in [0.2, 0.25) is 0 Å². The summed E-state index contributed by atoms with van der Waals surface area (Å²) in [6.45, 7) is 5.14. The molecule has 0 radical (unpaired) electrons. The first-order valence-corrected chi connectivity index (χ1v) is 7.61. The summed E-state index contributed by atoms with van der Waals surface area (Å²) in [4.78, 5) is 12.3. The van der Waals surface area contributed by atoms with E-state index >= 15 is 0 Å². The Bertz CT molecular complexity index is 487. The molecule has 6 heteroatoms. The lowest BCUT2D eigenvalue weighted by Gasteiger charge is -2.23. The van der Waals surface area contributed by atoms with Gasteiger partial charge >= 0.3 is 0 Å². The number of hydrogen-bond donors (Lipinski definition) is 2. The van der Waals surface area contributed by atoms with E-state index in [0.717, 1.165) is 12.0 Å². The maximum absolute atomic E-state index is 12.3. The second-order valence-corrected chi connectivity index (χ2v) is 5.27. The summed E-state index contributed by atoms with van der Waals surface area (Å²) in [6, 6.07) is 5.54. The van der Waals surface area contributed by atoms with E-state index in [9.17, 15) is 4.79 Å². The minimum Gasteiger partial charge on any atom is -0.493 e. The summed E-state index contributed by atoms with van der Waals surface area (Å²) in [7, 11) is 0. The Kier molecular flexibility index (Phi) is 6.64. The molecule has 1 heterocycles. The lowest BCUT2D eigenvalue weighted by atomic mass is 10.1. The fourth-order valence-electron chi connectivity index (χ4n) is 2.16. The topological polar surface area (TPSA) is 82.8 Å². The van der Waals surface area contributed by atoms with Gasteiger partial charge in [-0.1, -0.05) is 6.07 Å². The lowest BCUT2D eigenvalue weighted by molar-refractivity contribution is -0.0855. The summed E-state index contributed by atoms with van der Waals surface area (Å²) in [5.41, 5.74) is 7.04. The fourth-order valence-corrected chi connectivity index (χ4v) is 2.16. The minimum absolute atomic E-state index is 0.0928. The van der Waals surface area contributed by atoms with Gasteiger partial charge in [0, 0.05) is 6.54 Å². The third-order valence-corrected chi connectivity index (χ3v) is 3.36. The number of ether oxygens (including phenoxy) is 3. The minimum atomic E-state index is -0.170. The largest absolute Gasteiger partial charge is 0.493 e. The second kappa shape index (κ2) is 8.73. The molecule has 2 rings (SSSR count). The Morgan fingerprint density at radius 1 is 1.45 bits per heavy atom. The molecule has 0 aliphatic carbocycles. The number of hydrogen-bond acceptors (Lipinski definition) is 5. The van der Waals surface area contributed by atoms with E-state index < -0.39 is 0 Å². The molecule has 0 saturated carbocycles. The molecule has 1 aromatic rings. The molecular weight excluding hydrogens is 284 g/mol. The van der Waals surface area contributed by atoms with Crippen LogP contribution in [-0.4, -0.2) is 51.5 Å². The van der Waals surface area contributed by atoms with E-state index in [1.807, 2.05) is 19.1 Å². The molecule has 1 aliphatic rings. The summed E-state index contributed by atoms with van der Waals surface area (Å²) >= 11 is 0. The molecule has 1 fully saturated rings. The Balaban J connectivity index is 1.95. The molecule has 0 aromatic heterocycles. The third-order valence-electron chi connectivity index (χ3n) is 3.36. The molecular formula is C16H24N2O4. The zero-order chi connectivity index (χ0) is 15.8. The van der Waals surface area contributed by atoms with Crippen LogP contribution < -0.4 is 15.8 Å². The van der Waals surface area contributed by atoms with Gasteiger partial charge in [0.15, 0.2) is 0 Å². The van der Waals surface area contributed by atoms with E-state index in [1.165, 1.54) is 0 Å². The Morgan fingerprint density at radius 3 is 3.05 bits per heavy atom. The molecule has 3 N–H and O–H groups in total. The average Bonchev–Trinajstić information content (AvgIpc) is 2.54. The van der Waals surface area contributed by atoms with Gasteiger partial charge in [0.05, 0.1) is 38.1 Å². The third kappa shape index (κ3) is 4.98. The molecule has 22 heavy (non-hydrogen) atoms. The van der Waals surface area contributed by atoms with E-state index in [2.05, 4.69) is 5.32 Å². The number of carbonyl (C=O) groups is 1. The normalized spacial score (nSPS) is 18.0. The molecule has 1 atom stereocenters. The van der Waals surface area contributed by atoms with Crippen molar-refractivity contribution in [3.63, 3.8) is 0 Å². The van der Waals surface area contributed by atoms with Gasteiger partial charge in [-0.3, -0.25) is 4.79 Å². The van der Waals surface area contributed by atoms with Crippen molar-refractivity contribution in [2.45, 2.75) is 19.4 Å².